The molecule has 3 nitrogen and oxygen atoms in total. The summed E-state index contributed by atoms with van der Waals surface area (Å²) in [5, 5.41) is 3.79. The van der Waals surface area contributed by atoms with Gasteiger partial charge < -0.3 is 4.74 Å². The molecule has 1 amide bonds. The van der Waals surface area contributed by atoms with Crippen LogP contribution in [0.25, 0.3) is 0 Å². The molecule has 0 saturated heterocycles. The van der Waals surface area contributed by atoms with Crippen molar-refractivity contribution in [2.45, 2.75) is 6.42 Å². The largest absolute Gasteiger partial charge is 0.417 e. The number of hydrogen-bond donors (Lipinski definition) is 1. The average Bonchev–Trinajstić information content (AvgIpc) is 2.58. The molecule has 126 valence electrons. The lowest BCUT2D eigenvalue weighted by Gasteiger charge is -2.12. The van der Waals surface area contributed by atoms with Crippen molar-refractivity contribution in [3.05, 3.63) is 94.0 Å². The molecule has 3 rings (SSSR count). The van der Waals surface area contributed by atoms with Crippen molar-refractivity contribution in [1.29, 1.82) is 0 Å². The first kappa shape index (κ1) is 17.3. The number of nitrogens with one attached hydrogen (secondary N) is 1. The topological polar surface area (TPSA) is 38.3 Å². The zero-order chi connectivity index (χ0) is 17.6. The van der Waals surface area contributed by atoms with Gasteiger partial charge in [0.05, 0.1) is 0 Å². The molecule has 0 aliphatic rings. The van der Waals surface area contributed by atoms with E-state index < -0.39 is 6.09 Å². The minimum atomic E-state index is -0.584. The van der Waals surface area contributed by atoms with Gasteiger partial charge in [0, 0.05) is 27.7 Å². The third-order valence-electron chi connectivity index (χ3n) is 3.53. The first-order chi connectivity index (χ1) is 12.1. The molecule has 0 spiro atoms. The summed E-state index contributed by atoms with van der Waals surface area (Å²) in [5.74, 6) is 0.466. The van der Waals surface area contributed by atoms with Crippen LogP contribution < -0.4 is 10.1 Å². The van der Waals surface area contributed by atoms with Crippen LogP contribution >= 0.6 is 23.2 Å². The first-order valence-electron chi connectivity index (χ1n) is 7.67. The Bertz CT molecular complexity index is 882. The van der Waals surface area contributed by atoms with Crippen molar-refractivity contribution >= 4 is 35.0 Å². The third-order valence-corrected chi connectivity index (χ3v) is 4.00. The van der Waals surface area contributed by atoms with E-state index in [0.29, 0.717) is 27.9 Å². The van der Waals surface area contributed by atoms with E-state index in [1.807, 2.05) is 30.3 Å². The van der Waals surface area contributed by atoms with E-state index >= 15 is 0 Å². The van der Waals surface area contributed by atoms with Crippen LogP contribution in [0.5, 0.6) is 5.75 Å². The van der Waals surface area contributed by atoms with Crippen molar-refractivity contribution in [2.24, 2.45) is 0 Å². The zero-order valence-electron chi connectivity index (χ0n) is 13.2. The molecule has 25 heavy (non-hydrogen) atoms. The maximum absolute atomic E-state index is 12.2. The maximum Gasteiger partial charge on any atom is 0.417 e. The van der Waals surface area contributed by atoms with Gasteiger partial charge in [0.25, 0.3) is 0 Å². The lowest BCUT2D eigenvalue weighted by molar-refractivity contribution is 0.215. The predicted octanol–water partition coefficient (Wildman–Crippen LogP) is 6.20. The Morgan fingerprint density at radius 2 is 1.64 bits per heavy atom. The molecule has 0 heterocycles. The summed E-state index contributed by atoms with van der Waals surface area (Å²) in [4.78, 5) is 12.2. The molecule has 0 fully saturated rings. The smallest absolute Gasteiger partial charge is 0.410 e. The SMILES string of the molecule is O=C(Nc1cccc(Cl)c1)Oc1ccc(Cl)cc1Cc1ccccc1. The summed E-state index contributed by atoms with van der Waals surface area (Å²) in [6, 6.07) is 22.0. The van der Waals surface area contributed by atoms with Crippen LogP contribution in [0.3, 0.4) is 0 Å². The Labute approximate surface area is 156 Å². The molecule has 1 N–H and O–H groups in total. The van der Waals surface area contributed by atoms with Crippen molar-refractivity contribution < 1.29 is 9.53 Å². The fourth-order valence-corrected chi connectivity index (χ4v) is 2.80. The number of carbonyl (C=O) groups is 1. The maximum atomic E-state index is 12.2. The number of rotatable bonds is 4. The standard InChI is InChI=1S/C20H15Cl2NO2/c21-16-7-4-8-18(13-16)23-20(24)25-19-10-9-17(22)12-15(19)11-14-5-2-1-3-6-14/h1-10,12-13H,11H2,(H,23,24). The van der Waals surface area contributed by atoms with E-state index in [9.17, 15) is 4.79 Å². The Morgan fingerprint density at radius 3 is 2.40 bits per heavy atom. The molecule has 0 saturated carbocycles. The second-order valence-corrected chi connectivity index (χ2v) is 6.31. The van der Waals surface area contributed by atoms with E-state index in [1.54, 1.807) is 42.5 Å². The lowest BCUT2D eigenvalue weighted by atomic mass is 10.0. The van der Waals surface area contributed by atoms with E-state index in [-0.39, 0.29) is 0 Å². The van der Waals surface area contributed by atoms with Gasteiger partial charge >= 0.3 is 6.09 Å². The van der Waals surface area contributed by atoms with Gasteiger partial charge in [-0.1, -0.05) is 59.6 Å². The Morgan fingerprint density at radius 1 is 0.880 bits per heavy atom. The van der Waals surface area contributed by atoms with Crippen molar-refractivity contribution in [2.75, 3.05) is 5.32 Å². The highest BCUT2D eigenvalue weighted by Crippen LogP contribution is 2.26. The fourth-order valence-electron chi connectivity index (χ4n) is 2.41. The predicted molar refractivity (Wildman–Crippen MR) is 102 cm³/mol. The number of anilines is 1. The molecule has 0 aliphatic carbocycles. The van der Waals surface area contributed by atoms with Gasteiger partial charge in [-0.3, -0.25) is 5.32 Å². The quantitative estimate of drug-likeness (QED) is 0.593. The molecule has 3 aromatic carbocycles. The number of ether oxygens (including phenoxy) is 1. The monoisotopic (exact) mass is 371 g/mol. The Kier molecular flexibility index (Phi) is 5.59. The van der Waals surface area contributed by atoms with E-state index in [2.05, 4.69) is 5.32 Å². The normalized spacial score (nSPS) is 10.3. The third kappa shape index (κ3) is 4.99. The molecule has 0 atom stereocenters. The van der Waals surface area contributed by atoms with Crippen LogP contribution in [0.2, 0.25) is 10.0 Å². The summed E-state index contributed by atoms with van der Waals surface area (Å²) in [5.41, 5.74) is 2.50. The van der Waals surface area contributed by atoms with Gasteiger partial charge in [-0.05, 0) is 42.0 Å². The van der Waals surface area contributed by atoms with Gasteiger partial charge in [0.15, 0.2) is 0 Å². The second kappa shape index (κ2) is 8.06. The number of hydrogen-bond acceptors (Lipinski definition) is 2. The highest BCUT2D eigenvalue weighted by atomic mass is 35.5. The van der Waals surface area contributed by atoms with Gasteiger partial charge in [-0.15, -0.1) is 0 Å². The van der Waals surface area contributed by atoms with Crippen LogP contribution in [0.4, 0.5) is 10.5 Å². The molecule has 0 radical (unpaired) electrons. The van der Waals surface area contributed by atoms with E-state index in [1.165, 1.54) is 0 Å². The second-order valence-electron chi connectivity index (χ2n) is 5.44. The highest BCUT2D eigenvalue weighted by Gasteiger charge is 2.11. The molecule has 5 heteroatoms. The van der Waals surface area contributed by atoms with Gasteiger partial charge in [-0.25, -0.2) is 4.79 Å². The molecular formula is C20H15Cl2NO2. The Hall–Kier alpha value is -2.49. The Balaban J connectivity index is 1.76. The molecular weight excluding hydrogens is 357 g/mol. The number of halogens is 2. The number of carbonyl (C=O) groups excluding carboxylic acids is 1. The van der Waals surface area contributed by atoms with Gasteiger partial charge in [0.2, 0.25) is 0 Å². The van der Waals surface area contributed by atoms with Crippen molar-refractivity contribution in [3.8, 4) is 5.75 Å². The van der Waals surface area contributed by atoms with Crippen molar-refractivity contribution in [1.82, 2.24) is 0 Å². The van der Waals surface area contributed by atoms with Crippen LogP contribution in [-0.4, -0.2) is 6.09 Å². The minimum absolute atomic E-state index is 0.466. The summed E-state index contributed by atoms with van der Waals surface area (Å²) < 4.78 is 5.46. The molecule has 0 unspecified atom stereocenters. The van der Waals surface area contributed by atoms with E-state index in [0.717, 1.165) is 11.1 Å². The van der Waals surface area contributed by atoms with Crippen molar-refractivity contribution in [3.63, 3.8) is 0 Å². The lowest BCUT2D eigenvalue weighted by Crippen LogP contribution is -2.17. The fraction of sp³-hybridized carbons (Fsp3) is 0.0500. The number of amides is 1. The summed E-state index contributed by atoms with van der Waals surface area (Å²) in [7, 11) is 0. The average molecular weight is 372 g/mol. The van der Waals surface area contributed by atoms with E-state index in [4.69, 9.17) is 27.9 Å². The summed E-state index contributed by atoms with van der Waals surface area (Å²) >= 11 is 12.0. The molecule has 0 aliphatic heterocycles. The molecule has 0 aromatic heterocycles. The summed E-state index contributed by atoms with van der Waals surface area (Å²) in [6.07, 6.45) is 0.0279. The van der Waals surface area contributed by atoms with Crippen LogP contribution in [0, 0.1) is 0 Å². The first-order valence-corrected chi connectivity index (χ1v) is 8.42. The number of benzene rings is 3. The van der Waals surface area contributed by atoms with Gasteiger partial charge in [-0.2, -0.15) is 0 Å². The zero-order valence-corrected chi connectivity index (χ0v) is 14.7. The highest BCUT2D eigenvalue weighted by molar-refractivity contribution is 6.31. The summed E-state index contributed by atoms with van der Waals surface area (Å²) in [6.45, 7) is 0. The van der Waals surface area contributed by atoms with Crippen LogP contribution in [0.1, 0.15) is 11.1 Å². The minimum Gasteiger partial charge on any atom is -0.410 e. The van der Waals surface area contributed by atoms with Crippen LogP contribution in [-0.2, 0) is 6.42 Å². The van der Waals surface area contributed by atoms with Crippen LogP contribution in [0.15, 0.2) is 72.8 Å². The van der Waals surface area contributed by atoms with Gasteiger partial charge in [0.1, 0.15) is 5.75 Å². The molecule has 3 aromatic rings. The molecule has 0 bridgehead atoms.